The van der Waals surface area contributed by atoms with Crippen LogP contribution >= 0.6 is 24.8 Å². The van der Waals surface area contributed by atoms with Crippen LogP contribution in [0.25, 0.3) is 0 Å². The number of benzene rings is 2. The fourth-order valence-electron chi connectivity index (χ4n) is 5.61. The Morgan fingerprint density at radius 3 is 1.12 bits per heavy atom. The molecular weight excluding hydrogens is 491 g/mol. The molecule has 0 radical (unpaired) electrons. The molecule has 2 aliphatic rings. The van der Waals surface area contributed by atoms with E-state index in [1.807, 2.05) is 0 Å². The molecule has 2 atom stereocenters. The van der Waals surface area contributed by atoms with E-state index in [1.165, 1.54) is 22.3 Å². The summed E-state index contributed by atoms with van der Waals surface area (Å²) in [6, 6.07) is 22.4. The minimum Gasteiger partial charge on any atom is -0.147 e. The number of hydrogen-bond acceptors (Lipinski definition) is 0. The van der Waals surface area contributed by atoms with E-state index >= 15 is 0 Å². The summed E-state index contributed by atoms with van der Waals surface area (Å²) in [5.74, 6) is 1.06. The predicted molar refractivity (Wildman–Crippen MR) is 151 cm³/mol. The van der Waals surface area contributed by atoms with Crippen LogP contribution in [0.15, 0.2) is 102 Å². The molecule has 0 amide bonds. The summed E-state index contributed by atoms with van der Waals surface area (Å²) in [5.41, 5.74) is 12.1. The van der Waals surface area contributed by atoms with Crippen molar-refractivity contribution < 1.29 is 17.4 Å². The molecule has 2 aromatic rings. The Morgan fingerprint density at radius 2 is 0.853 bits per heavy atom. The minimum absolute atomic E-state index is 0. The predicted octanol–water partition coefficient (Wildman–Crippen LogP) is 9.24. The molecule has 2 aliphatic carbocycles. The standard InChI is InChI=1S/C13H10.2C9H13.2ClH.Ti/c1-3-7-12(8-4-1)11-13-9-5-2-6-10-13;2*1-6-5-7(2)9(4)8(6)3;;;/h1-10H;2*6H,1-4H3;2*1H;. The molecule has 0 saturated heterocycles. The molecule has 2 aromatic carbocycles. The van der Waals surface area contributed by atoms with Gasteiger partial charge in [0.2, 0.25) is 0 Å². The van der Waals surface area contributed by atoms with Crippen molar-refractivity contribution in [1.29, 1.82) is 0 Å². The molecule has 0 aliphatic heterocycles. The van der Waals surface area contributed by atoms with Crippen LogP contribution in [-0.2, 0) is 17.4 Å². The zero-order chi connectivity index (χ0) is 23.2. The first-order valence-corrected chi connectivity index (χ1v) is 14.2. The molecule has 3 heteroatoms. The van der Waals surface area contributed by atoms with Crippen LogP contribution in [0.1, 0.15) is 66.5 Å². The topological polar surface area (TPSA) is 0 Å². The summed E-state index contributed by atoms with van der Waals surface area (Å²) in [6.07, 6.45) is 0. The van der Waals surface area contributed by atoms with Gasteiger partial charge in [-0.25, -0.2) is 0 Å². The van der Waals surface area contributed by atoms with Crippen molar-refractivity contribution in [3.63, 3.8) is 0 Å². The first-order chi connectivity index (χ1) is 15.3. The Labute approximate surface area is 225 Å². The molecule has 0 saturated carbocycles. The molecule has 2 unspecified atom stereocenters. The molecule has 0 spiro atoms. The van der Waals surface area contributed by atoms with Crippen molar-refractivity contribution in [2.24, 2.45) is 11.8 Å². The van der Waals surface area contributed by atoms with Gasteiger partial charge in [-0.3, -0.25) is 0 Å². The molecular formula is C31H38Cl2Ti. The second-order valence-electron chi connectivity index (χ2n) is 9.62. The Bertz CT molecular complexity index is 1130. The summed E-state index contributed by atoms with van der Waals surface area (Å²) in [6.45, 7) is 19.1. The smallest absolute Gasteiger partial charge is 0.147 e. The van der Waals surface area contributed by atoms with E-state index in [4.69, 9.17) is 0 Å². The largest absolute Gasteiger partial charge is 0.147 e. The van der Waals surface area contributed by atoms with Gasteiger partial charge in [-0.2, -0.15) is 0 Å². The first kappa shape index (κ1) is 28.8. The van der Waals surface area contributed by atoms with Gasteiger partial charge in [0.25, 0.3) is 0 Å². The monoisotopic (exact) mass is 528 g/mol. The number of rotatable bonds is 4. The molecule has 0 heterocycles. The van der Waals surface area contributed by atoms with Gasteiger partial charge < -0.3 is 0 Å². The van der Waals surface area contributed by atoms with E-state index in [-0.39, 0.29) is 24.8 Å². The van der Waals surface area contributed by atoms with E-state index in [0.717, 1.165) is 0 Å². The molecule has 0 N–H and O–H groups in total. The fraction of sp³-hybridized carbons (Fsp3) is 0.323. The van der Waals surface area contributed by atoms with Crippen molar-refractivity contribution in [3.8, 4) is 0 Å². The first-order valence-electron chi connectivity index (χ1n) is 11.9. The molecule has 34 heavy (non-hydrogen) atoms. The van der Waals surface area contributed by atoms with Gasteiger partial charge in [0.05, 0.1) is 0 Å². The van der Waals surface area contributed by atoms with E-state index in [1.54, 1.807) is 33.9 Å². The maximum absolute atomic E-state index is 2.45. The third kappa shape index (κ3) is 4.80. The summed E-state index contributed by atoms with van der Waals surface area (Å²) < 4.78 is 5.12. The maximum Gasteiger partial charge on any atom is -0.147 e. The Morgan fingerprint density at radius 1 is 0.529 bits per heavy atom. The quantitative estimate of drug-likeness (QED) is 0.347. The number of halogens is 2. The SMILES string of the molecule is CC1=C(C)C(C)[C]([Ti]([C]2=C(C)C(C)=C(C)C2C)=[C](c2ccccc2)c2ccccc2)=C1C.Cl.Cl. The van der Waals surface area contributed by atoms with Crippen LogP contribution in [-0.4, -0.2) is 3.81 Å². The van der Waals surface area contributed by atoms with Gasteiger partial charge in [-0.1, -0.05) is 0 Å². The summed E-state index contributed by atoms with van der Waals surface area (Å²) in [7, 11) is 0. The average Bonchev–Trinajstić information content (AvgIpc) is 3.12. The summed E-state index contributed by atoms with van der Waals surface area (Å²) in [5, 5.41) is 0. The second-order valence-corrected chi connectivity index (χ2v) is 13.3. The van der Waals surface area contributed by atoms with E-state index in [2.05, 4.69) is 116 Å². The van der Waals surface area contributed by atoms with Gasteiger partial charge >= 0.3 is 201 Å². The third-order valence-corrected chi connectivity index (χ3v) is 14.1. The Balaban J connectivity index is 0.00000204. The molecule has 4 rings (SSSR count). The van der Waals surface area contributed by atoms with Gasteiger partial charge in [-0.15, -0.1) is 24.8 Å². The van der Waals surface area contributed by atoms with Crippen LogP contribution in [0, 0.1) is 11.8 Å². The van der Waals surface area contributed by atoms with E-state index < -0.39 is 17.4 Å². The molecule has 0 aromatic heterocycles. The van der Waals surface area contributed by atoms with Crippen molar-refractivity contribution in [2.45, 2.75) is 55.4 Å². The summed E-state index contributed by atoms with van der Waals surface area (Å²) in [4.78, 5) is 0. The number of allylic oxidation sites excluding steroid dienone is 8. The average molecular weight is 529 g/mol. The number of hydrogen-bond donors (Lipinski definition) is 0. The van der Waals surface area contributed by atoms with Crippen LogP contribution in [0.2, 0.25) is 0 Å². The zero-order valence-electron chi connectivity index (χ0n) is 21.7. The molecule has 0 bridgehead atoms. The second kappa shape index (κ2) is 11.5. The summed E-state index contributed by atoms with van der Waals surface area (Å²) >= 11 is -2.09. The molecule has 0 fully saturated rings. The Kier molecular flexibility index (Phi) is 9.77. The van der Waals surface area contributed by atoms with Gasteiger partial charge in [0.1, 0.15) is 0 Å². The molecule has 0 nitrogen and oxygen atoms in total. The van der Waals surface area contributed by atoms with Crippen molar-refractivity contribution in [2.75, 3.05) is 0 Å². The fourth-order valence-corrected chi connectivity index (χ4v) is 12.1. The normalized spacial score (nSPS) is 20.0. The maximum atomic E-state index is 2.45. The van der Waals surface area contributed by atoms with Crippen molar-refractivity contribution in [3.05, 3.63) is 113 Å². The van der Waals surface area contributed by atoms with Crippen molar-refractivity contribution >= 4 is 28.6 Å². The van der Waals surface area contributed by atoms with Crippen LogP contribution in [0.5, 0.6) is 0 Å². The van der Waals surface area contributed by atoms with Gasteiger partial charge in [-0.05, 0) is 0 Å². The molecule has 180 valence electrons. The van der Waals surface area contributed by atoms with Crippen LogP contribution < -0.4 is 0 Å². The Hall–Kier alpha value is -1.44. The van der Waals surface area contributed by atoms with Crippen molar-refractivity contribution in [1.82, 2.24) is 0 Å². The van der Waals surface area contributed by atoms with Crippen LogP contribution in [0.4, 0.5) is 0 Å². The zero-order valence-corrected chi connectivity index (χ0v) is 24.9. The minimum atomic E-state index is -2.09. The van der Waals surface area contributed by atoms with E-state index in [9.17, 15) is 0 Å². The van der Waals surface area contributed by atoms with Gasteiger partial charge in [0, 0.05) is 0 Å². The van der Waals surface area contributed by atoms with Crippen LogP contribution in [0.3, 0.4) is 0 Å². The van der Waals surface area contributed by atoms with Gasteiger partial charge in [0.15, 0.2) is 0 Å². The third-order valence-electron chi connectivity index (χ3n) is 8.19. The van der Waals surface area contributed by atoms with E-state index in [0.29, 0.717) is 11.8 Å².